The Balaban J connectivity index is 1.91. The largest absolute Gasteiger partial charge is 0.496 e. The first-order chi connectivity index (χ1) is 19.1. The van der Waals surface area contributed by atoms with Crippen molar-refractivity contribution in [1.29, 1.82) is 0 Å². The van der Waals surface area contributed by atoms with E-state index in [2.05, 4.69) is 10.3 Å². The van der Waals surface area contributed by atoms with Gasteiger partial charge >= 0.3 is 11.9 Å². The van der Waals surface area contributed by atoms with E-state index in [1.807, 2.05) is 76.2 Å². The molecule has 1 N–H and O–H groups in total. The minimum atomic E-state index is -0.530. The van der Waals surface area contributed by atoms with Gasteiger partial charge in [0.05, 0.1) is 33.2 Å². The number of carbonyl (C=O) groups excluding carboxylic acids is 2. The Bertz CT molecular complexity index is 1260. The molecule has 40 heavy (non-hydrogen) atoms. The van der Waals surface area contributed by atoms with Crippen LogP contribution in [-0.2, 0) is 32.0 Å². The van der Waals surface area contributed by atoms with E-state index >= 15 is 0 Å². The number of esters is 2. The Morgan fingerprint density at radius 3 is 2.17 bits per heavy atom. The molecule has 214 valence electrons. The molecule has 0 unspecified atom stereocenters. The number of hydrogen-bond acceptors (Lipinski definition) is 8. The molecule has 0 atom stereocenters. The minimum absolute atomic E-state index is 0.129. The lowest BCUT2D eigenvalue weighted by molar-refractivity contribution is -0.154. The summed E-state index contributed by atoms with van der Waals surface area (Å²) in [5.74, 6) is 0.714. The molecular weight excluding hydrogens is 508 g/mol. The summed E-state index contributed by atoms with van der Waals surface area (Å²) in [6.45, 7) is 11.0. The van der Waals surface area contributed by atoms with E-state index in [1.165, 1.54) is 0 Å². The standard InChI is InChI=1S/C32H40N2O6/c1-7-38-28-16-14-25(20-34-28)22-9-11-23(12-10-22)31-26(21-33-18-17-29(35)40-32(3,4)5)24(13-15-27(31)37-6)19-30(36)39-8-2/h9-16,20,33H,7-8,17-19,21H2,1-6H3. The maximum atomic E-state index is 12.4. The first-order valence-corrected chi connectivity index (χ1v) is 13.6. The lowest BCUT2D eigenvalue weighted by atomic mass is 9.91. The molecule has 0 amide bonds. The molecule has 3 aromatic rings. The van der Waals surface area contributed by atoms with Gasteiger partial charge < -0.3 is 24.3 Å². The highest BCUT2D eigenvalue weighted by molar-refractivity contribution is 5.80. The average Bonchev–Trinajstić information content (AvgIpc) is 2.91. The fourth-order valence-corrected chi connectivity index (χ4v) is 4.30. The number of carbonyl (C=O) groups is 2. The van der Waals surface area contributed by atoms with E-state index in [0.717, 1.165) is 33.4 Å². The van der Waals surface area contributed by atoms with Crippen molar-refractivity contribution in [3.05, 3.63) is 65.9 Å². The van der Waals surface area contributed by atoms with Crippen LogP contribution in [0.2, 0.25) is 0 Å². The summed E-state index contributed by atoms with van der Waals surface area (Å²) in [6, 6.07) is 15.7. The monoisotopic (exact) mass is 548 g/mol. The van der Waals surface area contributed by atoms with E-state index in [0.29, 0.717) is 37.9 Å². The number of aromatic nitrogens is 1. The van der Waals surface area contributed by atoms with Crippen molar-refractivity contribution >= 4 is 11.9 Å². The Kier molecular flexibility index (Phi) is 11.1. The maximum absolute atomic E-state index is 12.4. The van der Waals surface area contributed by atoms with E-state index in [-0.39, 0.29) is 24.8 Å². The van der Waals surface area contributed by atoms with Gasteiger partial charge in [0.1, 0.15) is 11.4 Å². The van der Waals surface area contributed by atoms with Crippen LogP contribution in [0.25, 0.3) is 22.3 Å². The zero-order valence-corrected chi connectivity index (χ0v) is 24.3. The molecule has 0 saturated carbocycles. The Hall–Kier alpha value is -3.91. The Morgan fingerprint density at radius 1 is 0.875 bits per heavy atom. The first kappa shape index (κ1) is 30.6. The van der Waals surface area contributed by atoms with Crippen LogP contribution >= 0.6 is 0 Å². The number of ether oxygens (including phenoxy) is 4. The SMILES string of the molecule is CCOC(=O)Cc1ccc(OC)c(-c2ccc(-c3ccc(OCC)nc3)cc2)c1CNCCC(=O)OC(C)(C)C. The van der Waals surface area contributed by atoms with Gasteiger partial charge in [0.25, 0.3) is 0 Å². The quantitative estimate of drug-likeness (QED) is 0.213. The van der Waals surface area contributed by atoms with Gasteiger partial charge in [-0.05, 0) is 69.0 Å². The van der Waals surface area contributed by atoms with Gasteiger partial charge in [-0.3, -0.25) is 9.59 Å². The van der Waals surface area contributed by atoms with Crippen molar-refractivity contribution in [1.82, 2.24) is 10.3 Å². The molecule has 0 aliphatic carbocycles. The third kappa shape index (κ3) is 8.81. The molecule has 0 spiro atoms. The minimum Gasteiger partial charge on any atom is -0.496 e. The molecule has 0 fully saturated rings. The molecule has 0 radical (unpaired) electrons. The Labute approximate surface area is 237 Å². The fraction of sp³-hybridized carbons (Fsp3) is 0.406. The van der Waals surface area contributed by atoms with Gasteiger partial charge in [-0.2, -0.15) is 0 Å². The second-order valence-electron chi connectivity index (χ2n) is 10.2. The summed E-state index contributed by atoms with van der Waals surface area (Å²) in [7, 11) is 1.63. The van der Waals surface area contributed by atoms with Crippen molar-refractivity contribution in [2.24, 2.45) is 0 Å². The molecule has 2 aromatic carbocycles. The third-order valence-corrected chi connectivity index (χ3v) is 5.99. The molecular formula is C32H40N2O6. The van der Waals surface area contributed by atoms with Crippen LogP contribution in [0.15, 0.2) is 54.7 Å². The van der Waals surface area contributed by atoms with Crippen LogP contribution in [-0.4, -0.2) is 49.4 Å². The highest BCUT2D eigenvalue weighted by atomic mass is 16.6. The van der Waals surface area contributed by atoms with Crippen molar-refractivity contribution in [2.75, 3.05) is 26.9 Å². The van der Waals surface area contributed by atoms with Crippen LogP contribution in [0.1, 0.15) is 52.2 Å². The molecule has 0 bridgehead atoms. The summed E-state index contributed by atoms with van der Waals surface area (Å²) in [6.07, 6.45) is 2.15. The van der Waals surface area contributed by atoms with Gasteiger partial charge in [-0.25, -0.2) is 4.98 Å². The van der Waals surface area contributed by atoms with Crippen molar-refractivity contribution in [2.45, 2.75) is 59.6 Å². The lowest BCUT2D eigenvalue weighted by Gasteiger charge is -2.20. The van der Waals surface area contributed by atoms with Crippen LogP contribution in [0.4, 0.5) is 0 Å². The van der Waals surface area contributed by atoms with Gasteiger partial charge in [0.2, 0.25) is 5.88 Å². The summed E-state index contributed by atoms with van der Waals surface area (Å²) < 4.78 is 21.9. The highest BCUT2D eigenvalue weighted by Crippen LogP contribution is 2.37. The van der Waals surface area contributed by atoms with Gasteiger partial charge in [0, 0.05) is 36.5 Å². The summed E-state index contributed by atoms with van der Waals surface area (Å²) in [5, 5.41) is 3.35. The maximum Gasteiger partial charge on any atom is 0.310 e. The number of hydrogen-bond donors (Lipinski definition) is 1. The molecule has 3 rings (SSSR count). The number of pyridine rings is 1. The number of methoxy groups -OCH3 is 1. The number of nitrogens with zero attached hydrogens (tertiary/aromatic N) is 1. The number of nitrogens with one attached hydrogen (secondary N) is 1. The Morgan fingerprint density at radius 2 is 1.57 bits per heavy atom. The van der Waals surface area contributed by atoms with Crippen molar-refractivity contribution < 1.29 is 28.5 Å². The third-order valence-electron chi connectivity index (χ3n) is 5.99. The molecule has 1 heterocycles. The molecule has 0 aliphatic heterocycles. The summed E-state index contributed by atoms with van der Waals surface area (Å²) in [4.78, 5) is 29.0. The van der Waals surface area contributed by atoms with E-state index < -0.39 is 5.60 Å². The van der Waals surface area contributed by atoms with Crippen LogP contribution in [0.3, 0.4) is 0 Å². The van der Waals surface area contributed by atoms with Crippen LogP contribution in [0, 0.1) is 0 Å². The molecule has 0 aliphatic rings. The van der Waals surface area contributed by atoms with E-state index in [1.54, 1.807) is 20.2 Å². The smallest absolute Gasteiger partial charge is 0.310 e. The molecule has 1 aromatic heterocycles. The predicted octanol–water partition coefficient (Wildman–Crippen LogP) is 5.75. The summed E-state index contributed by atoms with van der Waals surface area (Å²) >= 11 is 0. The van der Waals surface area contributed by atoms with Crippen molar-refractivity contribution in [3.63, 3.8) is 0 Å². The lowest BCUT2D eigenvalue weighted by Crippen LogP contribution is -2.27. The fourth-order valence-electron chi connectivity index (χ4n) is 4.30. The second kappa shape index (κ2) is 14.5. The zero-order chi connectivity index (χ0) is 29.1. The second-order valence-corrected chi connectivity index (χ2v) is 10.2. The van der Waals surface area contributed by atoms with E-state index in [9.17, 15) is 9.59 Å². The normalized spacial score (nSPS) is 11.2. The van der Waals surface area contributed by atoms with Crippen molar-refractivity contribution in [3.8, 4) is 33.9 Å². The summed E-state index contributed by atoms with van der Waals surface area (Å²) in [5.41, 5.74) is 5.02. The topological polar surface area (TPSA) is 96.0 Å². The average molecular weight is 549 g/mol. The predicted molar refractivity (Wildman–Crippen MR) is 155 cm³/mol. The first-order valence-electron chi connectivity index (χ1n) is 13.6. The van der Waals surface area contributed by atoms with Crippen LogP contribution < -0.4 is 14.8 Å². The number of rotatable bonds is 13. The molecule has 0 saturated heterocycles. The molecule has 8 nitrogen and oxygen atoms in total. The van der Waals surface area contributed by atoms with Gasteiger partial charge in [-0.15, -0.1) is 0 Å². The number of benzene rings is 2. The highest BCUT2D eigenvalue weighted by Gasteiger charge is 2.19. The van der Waals surface area contributed by atoms with Crippen LogP contribution in [0.5, 0.6) is 11.6 Å². The van der Waals surface area contributed by atoms with Gasteiger partial charge in [-0.1, -0.05) is 30.3 Å². The van der Waals surface area contributed by atoms with E-state index in [4.69, 9.17) is 18.9 Å². The zero-order valence-electron chi connectivity index (χ0n) is 24.3. The van der Waals surface area contributed by atoms with Gasteiger partial charge in [0.15, 0.2) is 0 Å². The molecule has 8 heteroatoms.